The molecular weight excluding hydrogens is 228 g/mol. The molecule has 0 bridgehead atoms. The van der Waals surface area contributed by atoms with Crippen LogP contribution in [0.25, 0.3) is 0 Å². The summed E-state index contributed by atoms with van der Waals surface area (Å²) in [6.07, 6.45) is 2.20. The highest BCUT2D eigenvalue weighted by molar-refractivity contribution is 5.90. The van der Waals surface area contributed by atoms with E-state index in [0.29, 0.717) is 19.0 Å². The Hall–Kier alpha value is -1.55. The third kappa shape index (κ3) is 2.08. The van der Waals surface area contributed by atoms with E-state index in [1.54, 1.807) is 4.90 Å². The second-order valence-corrected chi connectivity index (χ2v) is 5.53. The molecule has 2 amide bonds. The van der Waals surface area contributed by atoms with Crippen molar-refractivity contribution in [2.45, 2.75) is 25.4 Å². The Kier molecular flexibility index (Phi) is 2.55. The predicted molar refractivity (Wildman–Crippen MR) is 69.4 cm³/mol. The summed E-state index contributed by atoms with van der Waals surface area (Å²) in [6, 6.07) is 7.60. The molecule has 0 aromatic heterocycles. The zero-order valence-electron chi connectivity index (χ0n) is 10.5. The molecule has 96 valence electrons. The van der Waals surface area contributed by atoms with Crippen LogP contribution >= 0.6 is 0 Å². The maximum absolute atomic E-state index is 11.9. The Morgan fingerprint density at radius 3 is 2.78 bits per heavy atom. The Morgan fingerprint density at radius 1 is 1.44 bits per heavy atom. The molecule has 0 atom stereocenters. The number of carbonyl (C=O) groups is 1. The molecule has 1 aliphatic carbocycles. The Bertz CT molecular complexity index is 476. The topological polar surface area (TPSA) is 52.6 Å². The minimum atomic E-state index is -0.607. The number of urea groups is 1. The number of nitrogens with one attached hydrogen (secondary N) is 1. The van der Waals surface area contributed by atoms with Crippen LogP contribution in [0.2, 0.25) is 0 Å². The minimum absolute atomic E-state index is 0.120. The number of aryl methyl sites for hydroxylation is 1. The summed E-state index contributed by atoms with van der Waals surface area (Å²) in [5, 5.41) is 13.0. The summed E-state index contributed by atoms with van der Waals surface area (Å²) in [6.45, 7) is 2.93. The van der Waals surface area contributed by atoms with Crippen molar-refractivity contribution in [1.82, 2.24) is 4.90 Å². The zero-order chi connectivity index (χ0) is 12.8. The van der Waals surface area contributed by atoms with Crippen LogP contribution in [-0.4, -0.2) is 34.7 Å². The van der Waals surface area contributed by atoms with E-state index in [0.717, 1.165) is 24.1 Å². The fraction of sp³-hybridized carbons (Fsp3) is 0.500. The van der Waals surface area contributed by atoms with Gasteiger partial charge in [0.25, 0.3) is 0 Å². The van der Waals surface area contributed by atoms with Gasteiger partial charge in [0.2, 0.25) is 0 Å². The molecule has 2 fully saturated rings. The highest BCUT2D eigenvalue weighted by atomic mass is 16.3. The second kappa shape index (κ2) is 3.99. The average Bonchev–Trinajstić information content (AvgIpc) is 3.08. The number of likely N-dealkylation sites (tertiary alicyclic amines) is 1. The van der Waals surface area contributed by atoms with Crippen LogP contribution < -0.4 is 5.32 Å². The monoisotopic (exact) mass is 246 g/mol. The Balaban J connectivity index is 1.57. The van der Waals surface area contributed by atoms with E-state index in [4.69, 9.17) is 0 Å². The molecule has 4 nitrogen and oxygen atoms in total. The van der Waals surface area contributed by atoms with Gasteiger partial charge in [-0.05, 0) is 43.4 Å². The van der Waals surface area contributed by atoms with Gasteiger partial charge in [-0.1, -0.05) is 12.1 Å². The molecule has 1 saturated carbocycles. The highest BCUT2D eigenvalue weighted by Gasteiger charge is 2.53. The van der Waals surface area contributed by atoms with Gasteiger partial charge in [0.15, 0.2) is 0 Å². The second-order valence-electron chi connectivity index (χ2n) is 5.53. The summed E-state index contributed by atoms with van der Waals surface area (Å²) < 4.78 is 0. The molecule has 2 aliphatic rings. The molecule has 0 unspecified atom stereocenters. The van der Waals surface area contributed by atoms with Crippen LogP contribution in [0.4, 0.5) is 10.5 Å². The van der Waals surface area contributed by atoms with Crippen molar-refractivity contribution in [2.75, 3.05) is 18.4 Å². The molecule has 1 aromatic carbocycles. The van der Waals surface area contributed by atoms with E-state index < -0.39 is 5.60 Å². The van der Waals surface area contributed by atoms with Gasteiger partial charge in [-0.15, -0.1) is 0 Å². The van der Waals surface area contributed by atoms with Crippen molar-refractivity contribution in [1.29, 1.82) is 0 Å². The van der Waals surface area contributed by atoms with Crippen molar-refractivity contribution < 1.29 is 9.90 Å². The SMILES string of the molecule is Cc1cccc(NC(=O)N2CC(O)(C3CC3)C2)c1. The van der Waals surface area contributed by atoms with Gasteiger partial charge in [0.1, 0.15) is 5.60 Å². The van der Waals surface area contributed by atoms with Crippen LogP contribution in [0, 0.1) is 12.8 Å². The van der Waals surface area contributed by atoms with Crippen LogP contribution in [0.1, 0.15) is 18.4 Å². The summed E-state index contributed by atoms with van der Waals surface area (Å²) in [7, 11) is 0. The third-order valence-electron chi connectivity index (χ3n) is 3.82. The third-order valence-corrected chi connectivity index (χ3v) is 3.82. The van der Waals surface area contributed by atoms with Crippen molar-refractivity contribution in [3.8, 4) is 0 Å². The number of rotatable bonds is 2. The van der Waals surface area contributed by atoms with Gasteiger partial charge in [0, 0.05) is 5.69 Å². The van der Waals surface area contributed by atoms with E-state index in [1.165, 1.54) is 0 Å². The van der Waals surface area contributed by atoms with E-state index in [-0.39, 0.29) is 6.03 Å². The van der Waals surface area contributed by atoms with Crippen molar-refractivity contribution in [3.63, 3.8) is 0 Å². The average molecular weight is 246 g/mol. The fourth-order valence-corrected chi connectivity index (χ4v) is 2.56. The van der Waals surface area contributed by atoms with E-state index in [9.17, 15) is 9.90 Å². The van der Waals surface area contributed by atoms with Gasteiger partial charge in [-0.2, -0.15) is 0 Å². The summed E-state index contributed by atoms with van der Waals surface area (Å²) in [4.78, 5) is 13.6. The van der Waals surface area contributed by atoms with Crippen molar-refractivity contribution in [3.05, 3.63) is 29.8 Å². The predicted octanol–water partition coefficient (Wildman–Crippen LogP) is 1.98. The van der Waals surface area contributed by atoms with Gasteiger partial charge in [-0.3, -0.25) is 0 Å². The quantitative estimate of drug-likeness (QED) is 0.838. The molecular formula is C14H18N2O2. The Morgan fingerprint density at radius 2 is 2.17 bits per heavy atom. The molecule has 0 radical (unpaired) electrons. The number of benzene rings is 1. The number of hydrogen-bond donors (Lipinski definition) is 2. The normalized spacial score (nSPS) is 21.3. The molecule has 1 heterocycles. The van der Waals surface area contributed by atoms with Crippen LogP contribution in [0.5, 0.6) is 0 Å². The Labute approximate surface area is 107 Å². The minimum Gasteiger partial charge on any atom is -0.386 e. The first-order valence-corrected chi connectivity index (χ1v) is 6.42. The largest absolute Gasteiger partial charge is 0.386 e. The number of β-amino-alcohol motifs (C(OH)–C–C–N with tert-alkyl or cyclic N) is 1. The smallest absolute Gasteiger partial charge is 0.322 e. The molecule has 2 N–H and O–H groups in total. The van der Waals surface area contributed by atoms with Crippen LogP contribution in [0.3, 0.4) is 0 Å². The van der Waals surface area contributed by atoms with E-state index in [1.807, 2.05) is 31.2 Å². The summed E-state index contributed by atoms with van der Waals surface area (Å²) in [5.41, 5.74) is 1.32. The number of hydrogen-bond acceptors (Lipinski definition) is 2. The lowest BCUT2D eigenvalue weighted by molar-refractivity contribution is -0.0897. The summed E-state index contributed by atoms with van der Waals surface area (Å²) in [5.74, 6) is 0.417. The first-order chi connectivity index (χ1) is 8.57. The number of nitrogens with zero attached hydrogens (tertiary/aromatic N) is 1. The van der Waals surface area contributed by atoms with E-state index >= 15 is 0 Å². The summed E-state index contributed by atoms with van der Waals surface area (Å²) >= 11 is 0. The zero-order valence-corrected chi connectivity index (χ0v) is 10.5. The first-order valence-electron chi connectivity index (χ1n) is 6.42. The van der Waals surface area contributed by atoms with Crippen LogP contribution in [0.15, 0.2) is 24.3 Å². The molecule has 3 rings (SSSR count). The molecule has 1 aromatic rings. The van der Waals surface area contributed by atoms with Gasteiger partial charge in [-0.25, -0.2) is 4.79 Å². The van der Waals surface area contributed by atoms with Crippen molar-refractivity contribution in [2.24, 2.45) is 5.92 Å². The first kappa shape index (κ1) is 11.5. The molecule has 4 heteroatoms. The lowest BCUT2D eigenvalue weighted by Crippen LogP contribution is -2.65. The fourth-order valence-electron chi connectivity index (χ4n) is 2.56. The lowest BCUT2D eigenvalue weighted by atomic mass is 9.89. The molecule has 18 heavy (non-hydrogen) atoms. The maximum atomic E-state index is 11.9. The maximum Gasteiger partial charge on any atom is 0.322 e. The highest BCUT2D eigenvalue weighted by Crippen LogP contribution is 2.44. The molecule has 0 spiro atoms. The van der Waals surface area contributed by atoms with E-state index in [2.05, 4.69) is 5.32 Å². The number of amides is 2. The number of aliphatic hydroxyl groups is 1. The van der Waals surface area contributed by atoms with Gasteiger partial charge in [0.05, 0.1) is 13.1 Å². The van der Waals surface area contributed by atoms with Crippen LogP contribution in [-0.2, 0) is 0 Å². The molecule has 1 aliphatic heterocycles. The van der Waals surface area contributed by atoms with Crippen molar-refractivity contribution >= 4 is 11.7 Å². The van der Waals surface area contributed by atoms with Gasteiger partial charge < -0.3 is 15.3 Å². The van der Waals surface area contributed by atoms with Gasteiger partial charge >= 0.3 is 6.03 Å². The lowest BCUT2D eigenvalue weighted by Gasteiger charge is -2.46. The number of carbonyl (C=O) groups excluding carboxylic acids is 1. The molecule has 1 saturated heterocycles. The standard InChI is InChI=1S/C14H18N2O2/c1-10-3-2-4-12(7-10)15-13(17)16-8-14(18,9-16)11-5-6-11/h2-4,7,11,18H,5-6,8-9H2,1H3,(H,15,17). The number of anilines is 1.